The number of anilines is 1. The Balaban J connectivity index is 1.82. The maximum atomic E-state index is 12.0. The fraction of sp³-hybridized carbons (Fsp3) is 0.217. The zero-order valence-corrected chi connectivity index (χ0v) is 17.1. The van der Waals surface area contributed by atoms with Crippen molar-refractivity contribution in [1.29, 1.82) is 5.26 Å². The van der Waals surface area contributed by atoms with Gasteiger partial charge in [0.2, 0.25) is 5.91 Å². The lowest BCUT2D eigenvalue weighted by Crippen LogP contribution is -2.35. The molecule has 2 aromatic rings. The number of amides is 2. The molecule has 0 aromatic heterocycles. The molecule has 154 valence electrons. The molecule has 7 heteroatoms. The van der Waals surface area contributed by atoms with Crippen molar-refractivity contribution in [3.8, 4) is 6.07 Å². The number of aryl methyl sites for hydroxylation is 2. The van der Waals surface area contributed by atoms with Gasteiger partial charge in [0.25, 0.3) is 5.91 Å². The van der Waals surface area contributed by atoms with E-state index in [1.54, 1.807) is 24.3 Å². The molecule has 0 fully saturated rings. The predicted octanol–water partition coefficient (Wildman–Crippen LogP) is 2.82. The second-order valence-corrected chi connectivity index (χ2v) is 6.73. The van der Waals surface area contributed by atoms with Crippen molar-refractivity contribution in [3.63, 3.8) is 0 Å². The predicted molar refractivity (Wildman–Crippen MR) is 113 cm³/mol. The normalized spacial score (nSPS) is 10.7. The molecule has 0 saturated carbocycles. The molecule has 2 N–H and O–H groups in total. The van der Waals surface area contributed by atoms with Crippen LogP contribution in [0.15, 0.2) is 48.0 Å². The molecule has 0 saturated heterocycles. The van der Waals surface area contributed by atoms with Gasteiger partial charge in [-0.3, -0.25) is 9.59 Å². The number of esters is 1. The summed E-state index contributed by atoms with van der Waals surface area (Å²) in [4.78, 5) is 35.9. The highest BCUT2D eigenvalue weighted by molar-refractivity contribution is 5.99. The molecule has 0 aliphatic rings. The van der Waals surface area contributed by atoms with E-state index < -0.39 is 24.4 Å². The Morgan fingerprint density at radius 1 is 1.03 bits per heavy atom. The lowest BCUT2D eigenvalue weighted by Gasteiger charge is -2.11. The van der Waals surface area contributed by atoms with Crippen molar-refractivity contribution >= 4 is 29.5 Å². The maximum absolute atomic E-state index is 12.0. The van der Waals surface area contributed by atoms with Gasteiger partial charge in [0.15, 0.2) is 6.61 Å². The zero-order valence-electron chi connectivity index (χ0n) is 17.1. The summed E-state index contributed by atoms with van der Waals surface area (Å²) < 4.78 is 4.86. The van der Waals surface area contributed by atoms with Gasteiger partial charge >= 0.3 is 5.97 Å². The van der Waals surface area contributed by atoms with Crippen LogP contribution in [-0.2, 0) is 19.1 Å². The molecule has 0 bridgehead atoms. The van der Waals surface area contributed by atoms with Crippen LogP contribution in [0.1, 0.15) is 22.3 Å². The average Bonchev–Trinajstić information content (AvgIpc) is 2.73. The Hall–Kier alpha value is -3.92. The van der Waals surface area contributed by atoms with Crippen LogP contribution in [0.5, 0.6) is 0 Å². The van der Waals surface area contributed by atoms with Gasteiger partial charge in [-0.05, 0) is 49.6 Å². The van der Waals surface area contributed by atoms with Gasteiger partial charge in [0.1, 0.15) is 11.6 Å². The van der Waals surface area contributed by atoms with Crippen LogP contribution in [0.3, 0.4) is 0 Å². The van der Waals surface area contributed by atoms with Gasteiger partial charge in [0.05, 0.1) is 6.54 Å². The quantitative estimate of drug-likeness (QED) is 0.418. The molecule has 0 unspecified atom stereocenters. The first-order chi connectivity index (χ1) is 14.3. The third-order valence-corrected chi connectivity index (χ3v) is 4.39. The van der Waals surface area contributed by atoms with E-state index >= 15 is 0 Å². The third-order valence-electron chi connectivity index (χ3n) is 4.39. The first-order valence-corrected chi connectivity index (χ1v) is 9.28. The standard InChI is InChI=1S/C23H23N3O4/c1-15-7-9-18(10-8-15)11-19(12-24)23(29)30-14-22(28)25-13-21(27)26-20-6-4-5-16(2)17(20)3/h4-11H,13-14H2,1-3H3,(H,25,28)(H,26,27)/b19-11+. The summed E-state index contributed by atoms with van der Waals surface area (Å²) in [5, 5.41) is 14.3. The zero-order chi connectivity index (χ0) is 22.1. The van der Waals surface area contributed by atoms with E-state index in [0.717, 1.165) is 16.7 Å². The summed E-state index contributed by atoms with van der Waals surface area (Å²) in [6.07, 6.45) is 1.39. The largest absolute Gasteiger partial charge is 0.451 e. The highest BCUT2D eigenvalue weighted by Gasteiger charge is 2.14. The van der Waals surface area contributed by atoms with Gasteiger partial charge in [-0.15, -0.1) is 0 Å². The summed E-state index contributed by atoms with van der Waals surface area (Å²) in [6, 6.07) is 14.5. The monoisotopic (exact) mass is 405 g/mol. The average molecular weight is 405 g/mol. The Bertz CT molecular complexity index is 1020. The van der Waals surface area contributed by atoms with Crippen LogP contribution in [0.25, 0.3) is 6.08 Å². The van der Waals surface area contributed by atoms with Crippen molar-refractivity contribution in [2.24, 2.45) is 0 Å². The van der Waals surface area contributed by atoms with E-state index in [1.807, 2.05) is 45.0 Å². The maximum Gasteiger partial charge on any atom is 0.349 e. The molecular formula is C23H23N3O4. The molecule has 30 heavy (non-hydrogen) atoms. The minimum atomic E-state index is -0.909. The number of hydrogen-bond donors (Lipinski definition) is 2. The van der Waals surface area contributed by atoms with E-state index in [0.29, 0.717) is 11.3 Å². The number of carbonyl (C=O) groups excluding carboxylic acids is 3. The van der Waals surface area contributed by atoms with Crippen LogP contribution < -0.4 is 10.6 Å². The Morgan fingerprint density at radius 2 is 1.73 bits per heavy atom. The molecule has 0 heterocycles. The smallest absolute Gasteiger partial charge is 0.349 e. The second kappa shape index (κ2) is 10.6. The Kier molecular flexibility index (Phi) is 7.89. The number of nitriles is 1. The van der Waals surface area contributed by atoms with E-state index in [9.17, 15) is 14.4 Å². The molecule has 0 aliphatic heterocycles. The fourth-order valence-corrected chi connectivity index (χ4v) is 2.49. The van der Waals surface area contributed by atoms with Crippen molar-refractivity contribution in [3.05, 3.63) is 70.3 Å². The molecule has 0 spiro atoms. The van der Waals surface area contributed by atoms with Crippen molar-refractivity contribution in [2.45, 2.75) is 20.8 Å². The Labute approximate surface area is 175 Å². The highest BCUT2D eigenvalue weighted by Crippen LogP contribution is 2.17. The van der Waals surface area contributed by atoms with Crippen molar-refractivity contribution < 1.29 is 19.1 Å². The van der Waals surface area contributed by atoms with Gasteiger partial charge in [0, 0.05) is 5.69 Å². The number of rotatable bonds is 7. The lowest BCUT2D eigenvalue weighted by molar-refractivity contribution is -0.144. The topological polar surface area (TPSA) is 108 Å². The fourth-order valence-electron chi connectivity index (χ4n) is 2.49. The van der Waals surface area contributed by atoms with Crippen LogP contribution in [0.2, 0.25) is 0 Å². The number of hydrogen-bond acceptors (Lipinski definition) is 5. The second-order valence-electron chi connectivity index (χ2n) is 6.73. The summed E-state index contributed by atoms with van der Waals surface area (Å²) >= 11 is 0. The first kappa shape index (κ1) is 22.4. The van der Waals surface area contributed by atoms with Crippen molar-refractivity contribution in [2.75, 3.05) is 18.5 Å². The van der Waals surface area contributed by atoms with E-state index in [-0.39, 0.29) is 12.1 Å². The number of nitrogens with one attached hydrogen (secondary N) is 2. The molecule has 0 radical (unpaired) electrons. The van der Waals surface area contributed by atoms with E-state index in [1.165, 1.54) is 6.08 Å². The molecule has 2 rings (SSSR count). The molecular weight excluding hydrogens is 382 g/mol. The molecule has 2 aromatic carbocycles. The van der Waals surface area contributed by atoms with Crippen LogP contribution in [-0.4, -0.2) is 30.9 Å². The minimum Gasteiger partial charge on any atom is -0.451 e. The summed E-state index contributed by atoms with van der Waals surface area (Å²) in [6.45, 7) is 4.88. The van der Waals surface area contributed by atoms with Crippen LogP contribution >= 0.6 is 0 Å². The lowest BCUT2D eigenvalue weighted by atomic mass is 10.1. The van der Waals surface area contributed by atoms with E-state index in [2.05, 4.69) is 10.6 Å². The number of benzene rings is 2. The number of carbonyl (C=O) groups is 3. The van der Waals surface area contributed by atoms with E-state index in [4.69, 9.17) is 10.00 Å². The summed E-state index contributed by atoms with van der Waals surface area (Å²) in [5.74, 6) is -1.96. The third kappa shape index (κ3) is 6.60. The van der Waals surface area contributed by atoms with Crippen LogP contribution in [0, 0.1) is 32.1 Å². The highest BCUT2D eigenvalue weighted by atomic mass is 16.5. The molecule has 2 amide bonds. The Morgan fingerprint density at radius 3 is 2.40 bits per heavy atom. The minimum absolute atomic E-state index is 0.223. The van der Waals surface area contributed by atoms with Crippen molar-refractivity contribution in [1.82, 2.24) is 5.32 Å². The number of nitrogens with zero attached hydrogens (tertiary/aromatic N) is 1. The van der Waals surface area contributed by atoms with Gasteiger partial charge < -0.3 is 15.4 Å². The van der Waals surface area contributed by atoms with Crippen LogP contribution in [0.4, 0.5) is 5.69 Å². The number of ether oxygens (including phenoxy) is 1. The molecule has 0 aliphatic carbocycles. The van der Waals surface area contributed by atoms with Gasteiger partial charge in [-0.25, -0.2) is 4.79 Å². The summed E-state index contributed by atoms with van der Waals surface area (Å²) in [7, 11) is 0. The van der Waals surface area contributed by atoms with Gasteiger partial charge in [-0.1, -0.05) is 42.0 Å². The first-order valence-electron chi connectivity index (χ1n) is 9.28. The SMILES string of the molecule is Cc1ccc(/C=C(\C#N)C(=O)OCC(=O)NCC(=O)Nc2cccc(C)c2C)cc1. The van der Waals surface area contributed by atoms with Gasteiger partial charge in [-0.2, -0.15) is 5.26 Å². The summed E-state index contributed by atoms with van der Waals surface area (Å²) in [5.41, 5.74) is 4.14. The molecule has 7 nitrogen and oxygen atoms in total. The molecule has 0 atom stereocenters.